The molecule has 1 amide bonds. The molecule has 134 valence electrons. The van der Waals surface area contributed by atoms with Gasteiger partial charge in [0.25, 0.3) is 5.91 Å². The average Bonchev–Trinajstić information content (AvgIpc) is 2.58. The Morgan fingerprint density at radius 1 is 1.16 bits per heavy atom. The van der Waals surface area contributed by atoms with Crippen LogP contribution in [-0.2, 0) is 4.74 Å². The Morgan fingerprint density at radius 3 is 2.44 bits per heavy atom. The van der Waals surface area contributed by atoms with Gasteiger partial charge in [-0.2, -0.15) is 0 Å². The van der Waals surface area contributed by atoms with Crippen LogP contribution in [0.4, 0.5) is 5.95 Å². The monoisotopic (exact) mass is 344 g/mol. The van der Waals surface area contributed by atoms with Crippen LogP contribution in [0.25, 0.3) is 11.3 Å². The number of aromatic nitrogens is 2. The van der Waals surface area contributed by atoms with Gasteiger partial charge in [0, 0.05) is 26.3 Å². The van der Waals surface area contributed by atoms with E-state index in [4.69, 9.17) is 15.2 Å². The molecular weight excluding hydrogens is 320 g/mol. The second kappa shape index (κ2) is 8.43. The molecule has 0 saturated carbocycles. The summed E-state index contributed by atoms with van der Waals surface area (Å²) in [6.07, 6.45) is 0. The lowest BCUT2D eigenvalue weighted by molar-refractivity contribution is 0.0827. The zero-order valence-electron chi connectivity index (χ0n) is 15.1. The highest BCUT2D eigenvalue weighted by Gasteiger charge is 2.20. The van der Waals surface area contributed by atoms with Crippen LogP contribution < -0.4 is 10.5 Å². The van der Waals surface area contributed by atoms with Gasteiger partial charge in [-0.15, -0.1) is 0 Å². The van der Waals surface area contributed by atoms with Crippen LogP contribution in [0.1, 0.15) is 23.0 Å². The largest absolute Gasteiger partial charge is 0.491 e. The number of carbonyl (C=O) groups is 1. The van der Waals surface area contributed by atoms with Crippen LogP contribution in [-0.4, -0.2) is 54.7 Å². The van der Waals surface area contributed by atoms with E-state index in [9.17, 15) is 4.79 Å². The van der Waals surface area contributed by atoms with Gasteiger partial charge in [-0.25, -0.2) is 9.97 Å². The maximum absolute atomic E-state index is 12.5. The molecule has 1 aromatic carbocycles. The third kappa shape index (κ3) is 4.67. The second-order valence-corrected chi connectivity index (χ2v) is 5.66. The van der Waals surface area contributed by atoms with Crippen LogP contribution >= 0.6 is 0 Å². The van der Waals surface area contributed by atoms with E-state index in [1.54, 1.807) is 21.0 Å². The number of hydrogen-bond donors (Lipinski definition) is 1. The number of nitrogens with two attached hydrogens (primary N) is 1. The topological polar surface area (TPSA) is 90.6 Å². The number of nitrogen functional groups attached to an aromatic ring is 1. The number of benzene rings is 1. The Labute approximate surface area is 147 Å². The summed E-state index contributed by atoms with van der Waals surface area (Å²) < 4.78 is 10.8. The SMILES string of the molecule is CCOCCOc1ccc(-c2nc(N)nc(C)c2C(=O)N(C)C)cc1. The molecule has 0 bridgehead atoms. The van der Waals surface area contributed by atoms with E-state index < -0.39 is 0 Å². The van der Waals surface area contributed by atoms with Crippen molar-refractivity contribution in [3.63, 3.8) is 0 Å². The molecule has 0 aliphatic heterocycles. The first-order valence-electron chi connectivity index (χ1n) is 8.10. The number of rotatable bonds is 7. The van der Waals surface area contributed by atoms with Crippen molar-refractivity contribution in [2.24, 2.45) is 0 Å². The minimum absolute atomic E-state index is 0.139. The van der Waals surface area contributed by atoms with E-state index >= 15 is 0 Å². The molecule has 7 nitrogen and oxygen atoms in total. The molecule has 25 heavy (non-hydrogen) atoms. The Morgan fingerprint density at radius 2 is 1.84 bits per heavy atom. The van der Waals surface area contributed by atoms with E-state index in [1.165, 1.54) is 4.90 Å². The molecule has 1 aromatic heterocycles. The third-order valence-corrected chi connectivity index (χ3v) is 3.56. The number of aryl methyl sites for hydroxylation is 1. The van der Waals surface area contributed by atoms with E-state index in [0.717, 1.165) is 11.3 Å². The number of carbonyl (C=O) groups excluding carboxylic acids is 1. The van der Waals surface area contributed by atoms with Crippen molar-refractivity contribution in [3.05, 3.63) is 35.5 Å². The van der Waals surface area contributed by atoms with E-state index in [2.05, 4.69) is 9.97 Å². The van der Waals surface area contributed by atoms with Gasteiger partial charge >= 0.3 is 0 Å². The van der Waals surface area contributed by atoms with Crippen molar-refractivity contribution in [3.8, 4) is 17.0 Å². The van der Waals surface area contributed by atoms with Crippen molar-refractivity contribution in [2.45, 2.75) is 13.8 Å². The predicted molar refractivity (Wildman–Crippen MR) is 96.6 cm³/mol. The van der Waals surface area contributed by atoms with Crippen molar-refractivity contribution >= 4 is 11.9 Å². The van der Waals surface area contributed by atoms with Crippen LogP contribution in [0.5, 0.6) is 5.75 Å². The molecule has 0 fully saturated rings. The van der Waals surface area contributed by atoms with Crippen molar-refractivity contribution in [1.29, 1.82) is 0 Å². The van der Waals surface area contributed by atoms with Gasteiger partial charge in [-0.1, -0.05) is 0 Å². The van der Waals surface area contributed by atoms with Gasteiger partial charge < -0.3 is 20.1 Å². The summed E-state index contributed by atoms with van der Waals surface area (Å²) in [4.78, 5) is 22.4. The van der Waals surface area contributed by atoms with Crippen LogP contribution in [0.15, 0.2) is 24.3 Å². The molecular formula is C18H24N4O3. The fourth-order valence-corrected chi connectivity index (χ4v) is 2.35. The number of anilines is 1. The fraction of sp³-hybridized carbons (Fsp3) is 0.389. The molecule has 2 N–H and O–H groups in total. The molecule has 0 atom stereocenters. The van der Waals surface area contributed by atoms with E-state index in [1.807, 2.05) is 31.2 Å². The summed E-state index contributed by atoms with van der Waals surface area (Å²) in [6, 6.07) is 7.37. The minimum atomic E-state index is -0.162. The molecule has 7 heteroatoms. The Balaban J connectivity index is 2.30. The van der Waals surface area contributed by atoms with Crippen LogP contribution in [0.2, 0.25) is 0 Å². The minimum Gasteiger partial charge on any atom is -0.491 e. The van der Waals surface area contributed by atoms with Crippen LogP contribution in [0.3, 0.4) is 0 Å². The fourth-order valence-electron chi connectivity index (χ4n) is 2.35. The van der Waals surface area contributed by atoms with Crippen molar-refractivity contribution < 1.29 is 14.3 Å². The Kier molecular flexibility index (Phi) is 6.30. The van der Waals surface area contributed by atoms with E-state index in [0.29, 0.717) is 36.8 Å². The molecule has 2 rings (SSSR count). The first kappa shape index (κ1) is 18.7. The summed E-state index contributed by atoms with van der Waals surface area (Å²) in [6.45, 7) is 5.39. The Bertz CT molecular complexity index is 730. The first-order chi connectivity index (χ1) is 11.9. The lowest BCUT2D eigenvalue weighted by Crippen LogP contribution is -2.24. The predicted octanol–water partition coefficient (Wildman–Crippen LogP) is 2.15. The molecule has 0 unspecified atom stereocenters. The van der Waals surface area contributed by atoms with Gasteiger partial charge in [-0.05, 0) is 38.1 Å². The molecule has 0 spiro atoms. The lowest BCUT2D eigenvalue weighted by Gasteiger charge is -2.16. The quantitative estimate of drug-likeness (QED) is 0.774. The molecule has 0 aliphatic rings. The summed E-state index contributed by atoms with van der Waals surface area (Å²) >= 11 is 0. The van der Waals surface area contributed by atoms with Gasteiger partial charge in [0.1, 0.15) is 12.4 Å². The molecule has 0 radical (unpaired) electrons. The maximum Gasteiger partial charge on any atom is 0.257 e. The summed E-state index contributed by atoms with van der Waals surface area (Å²) in [5, 5.41) is 0. The smallest absolute Gasteiger partial charge is 0.257 e. The number of nitrogens with zero attached hydrogens (tertiary/aromatic N) is 3. The van der Waals surface area contributed by atoms with Crippen molar-refractivity contribution in [2.75, 3.05) is 39.6 Å². The normalized spacial score (nSPS) is 10.6. The van der Waals surface area contributed by atoms with Crippen LogP contribution in [0, 0.1) is 6.92 Å². The third-order valence-electron chi connectivity index (χ3n) is 3.56. The second-order valence-electron chi connectivity index (χ2n) is 5.66. The summed E-state index contributed by atoms with van der Waals surface area (Å²) in [7, 11) is 3.38. The van der Waals surface area contributed by atoms with Crippen molar-refractivity contribution in [1.82, 2.24) is 14.9 Å². The zero-order chi connectivity index (χ0) is 18.4. The summed E-state index contributed by atoms with van der Waals surface area (Å²) in [5.74, 6) is 0.701. The van der Waals surface area contributed by atoms with Gasteiger partial charge in [0.15, 0.2) is 0 Å². The number of ether oxygens (including phenoxy) is 2. The van der Waals surface area contributed by atoms with Gasteiger partial charge in [-0.3, -0.25) is 4.79 Å². The highest BCUT2D eigenvalue weighted by molar-refractivity contribution is 6.00. The first-order valence-corrected chi connectivity index (χ1v) is 8.10. The summed E-state index contributed by atoms with van der Waals surface area (Å²) in [5.41, 5.74) is 8.08. The Hall–Kier alpha value is -2.67. The lowest BCUT2D eigenvalue weighted by atomic mass is 10.0. The highest BCUT2D eigenvalue weighted by atomic mass is 16.5. The molecule has 2 aromatic rings. The molecule has 0 saturated heterocycles. The highest BCUT2D eigenvalue weighted by Crippen LogP contribution is 2.27. The molecule has 1 heterocycles. The molecule has 0 aliphatic carbocycles. The maximum atomic E-state index is 12.5. The van der Waals surface area contributed by atoms with Gasteiger partial charge in [0.05, 0.1) is 23.6 Å². The number of amides is 1. The van der Waals surface area contributed by atoms with Gasteiger partial charge in [0.2, 0.25) is 5.95 Å². The number of hydrogen-bond acceptors (Lipinski definition) is 6. The average molecular weight is 344 g/mol. The van der Waals surface area contributed by atoms with E-state index in [-0.39, 0.29) is 11.9 Å². The standard InChI is InChI=1S/C18H24N4O3/c1-5-24-10-11-25-14-8-6-13(7-9-14)16-15(17(23)22(3)4)12(2)20-18(19)21-16/h6-9H,5,10-11H2,1-4H3,(H2,19,20,21). The zero-order valence-corrected chi connectivity index (χ0v) is 15.1.